The summed E-state index contributed by atoms with van der Waals surface area (Å²) in [7, 11) is 0. The number of pyridine rings is 1. The highest BCUT2D eigenvalue weighted by Gasteiger charge is 2.18. The summed E-state index contributed by atoms with van der Waals surface area (Å²) < 4.78 is 12.7. The second kappa shape index (κ2) is 9.96. The lowest BCUT2D eigenvalue weighted by molar-refractivity contribution is 0.153. The molecule has 0 amide bonds. The molecule has 0 N–H and O–H groups in total. The van der Waals surface area contributed by atoms with Crippen molar-refractivity contribution in [1.29, 1.82) is 0 Å². The summed E-state index contributed by atoms with van der Waals surface area (Å²) in [5.74, 6) is 1.26. The Balaban J connectivity index is 1.47. The molecule has 3 aromatic rings. The van der Waals surface area contributed by atoms with Gasteiger partial charge in [-0.25, -0.2) is 15.0 Å². The first-order valence-electron chi connectivity index (χ1n) is 10.9. The molecule has 1 aliphatic rings. The molecule has 0 spiro atoms. The summed E-state index contributed by atoms with van der Waals surface area (Å²) in [6, 6.07) is 6.31. The lowest BCUT2D eigenvalue weighted by atomic mass is 9.98. The predicted molar refractivity (Wildman–Crippen MR) is 125 cm³/mol. The van der Waals surface area contributed by atoms with E-state index in [0.717, 1.165) is 46.0 Å². The number of halogens is 1. The number of thiophene rings is 1. The second-order valence-corrected chi connectivity index (χ2v) is 9.99. The molecule has 0 saturated heterocycles. The van der Waals surface area contributed by atoms with Crippen LogP contribution in [0.15, 0.2) is 30.6 Å². The van der Waals surface area contributed by atoms with Gasteiger partial charge in [-0.1, -0.05) is 31.9 Å². The molecule has 0 aromatic carbocycles. The van der Waals surface area contributed by atoms with Gasteiger partial charge in [0.25, 0.3) is 0 Å². The van der Waals surface area contributed by atoms with Crippen molar-refractivity contribution in [3.8, 4) is 22.3 Å². The minimum atomic E-state index is 0.308. The van der Waals surface area contributed by atoms with Gasteiger partial charge in [0.2, 0.25) is 0 Å². The largest absolute Gasteiger partial charge is 0.489 e. The first-order valence-corrected chi connectivity index (χ1v) is 12.1. The van der Waals surface area contributed by atoms with Gasteiger partial charge in [0.05, 0.1) is 26.7 Å². The monoisotopic (exact) mass is 457 g/mol. The van der Waals surface area contributed by atoms with Gasteiger partial charge in [0, 0.05) is 18.0 Å². The van der Waals surface area contributed by atoms with Crippen LogP contribution in [0.2, 0.25) is 4.34 Å². The highest BCUT2D eigenvalue weighted by Crippen LogP contribution is 2.36. The maximum atomic E-state index is 6.33. The van der Waals surface area contributed by atoms with Crippen LogP contribution in [0.4, 0.5) is 0 Å². The number of hydrogen-bond acceptors (Lipinski definition) is 6. The number of rotatable bonds is 7. The molecule has 7 heteroatoms. The van der Waals surface area contributed by atoms with Crippen LogP contribution in [0.3, 0.4) is 0 Å². The number of ether oxygens (including phenoxy) is 2. The molecule has 1 aliphatic carbocycles. The summed E-state index contributed by atoms with van der Waals surface area (Å²) in [5.41, 5.74) is 3.83. The lowest BCUT2D eigenvalue weighted by Crippen LogP contribution is -2.20. The summed E-state index contributed by atoms with van der Waals surface area (Å²) in [6.45, 7) is 6.55. The Morgan fingerprint density at radius 3 is 2.55 bits per heavy atom. The van der Waals surface area contributed by atoms with E-state index < -0.39 is 0 Å². The second-order valence-electron chi connectivity index (χ2n) is 8.31. The van der Waals surface area contributed by atoms with Gasteiger partial charge < -0.3 is 9.47 Å². The molecule has 1 saturated carbocycles. The van der Waals surface area contributed by atoms with E-state index in [-0.39, 0.29) is 0 Å². The van der Waals surface area contributed by atoms with Crippen molar-refractivity contribution in [3.05, 3.63) is 51.7 Å². The van der Waals surface area contributed by atoms with Crippen LogP contribution < -0.4 is 9.47 Å². The molecule has 0 aliphatic heterocycles. The van der Waals surface area contributed by atoms with E-state index in [4.69, 9.17) is 26.1 Å². The number of hydrogen-bond donors (Lipinski definition) is 0. The van der Waals surface area contributed by atoms with Crippen LogP contribution in [0, 0.1) is 6.92 Å². The molecule has 1 fully saturated rings. The van der Waals surface area contributed by atoms with Crippen molar-refractivity contribution in [2.24, 2.45) is 0 Å². The number of aromatic nitrogens is 3. The average Bonchev–Trinajstić information content (AvgIpc) is 3.15. The van der Waals surface area contributed by atoms with E-state index in [1.165, 1.54) is 30.6 Å². The van der Waals surface area contributed by atoms with Crippen LogP contribution >= 0.6 is 22.9 Å². The third-order valence-corrected chi connectivity index (χ3v) is 6.90. The third kappa shape index (κ3) is 5.55. The van der Waals surface area contributed by atoms with Gasteiger partial charge >= 0.3 is 6.01 Å². The minimum Gasteiger partial charge on any atom is -0.489 e. The van der Waals surface area contributed by atoms with Crippen LogP contribution in [0.5, 0.6) is 11.8 Å². The van der Waals surface area contributed by atoms with Crippen LogP contribution in [-0.4, -0.2) is 21.1 Å². The van der Waals surface area contributed by atoms with E-state index in [0.29, 0.717) is 29.0 Å². The normalized spacial score (nSPS) is 14.7. The van der Waals surface area contributed by atoms with E-state index in [9.17, 15) is 0 Å². The Hall–Kier alpha value is -2.18. The topological polar surface area (TPSA) is 57.1 Å². The molecule has 0 unspecified atom stereocenters. The fraction of sp³-hybridized carbons (Fsp3) is 0.458. The Morgan fingerprint density at radius 2 is 1.87 bits per heavy atom. The summed E-state index contributed by atoms with van der Waals surface area (Å²) in [5, 5.41) is 0. The van der Waals surface area contributed by atoms with Crippen molar-refractivity contribution >= 4 is 22.9 Å². The summed E-state index contributed by atoms with van der Waals surface area (Å²) in [6.07, 6.45) is 9.99. The summed E-state index contributed by atoms with van der Waals surface area (Å²) in [4.78, 5) is 14.4. The fourth-order valence-electron chi connectivity index (χ4n) is 3.72. The average molecular weight is 458 g/mol. The maximum absolute atomic E-state index is 6.33. The van der Waals surface area contributed by atoms with Gasteiger partial charge in [-0.05, 0) is 62.3 Å². The molecule has 4 rings (SSSR count). The maximum Gasteiger partial charge on any atom is 0.316 e. The van der Waals surface area contributed by atoms with Crippen LogP contribution in [0.25, 0.3) is 10.6 Å². The standard InChI is InChI=1S/C24H28ClN3O2S/c1-15(2)18-12-26-24(27-13-18)29-14-17-11-22(25)31-23(17)20-9-10-21(16(3)28-20)30-19-7-5-4-6-8-19/h9-13,15,19H,4-8,14H2,1-3H3. The van der Waals surface area contributed by atoms with Crippen LogP contribution in [-0.2, 0) is 6.61 Å². The Bertz CT molecular complexity index is 1010. The molecular formula is C24H28ClN3O2S. The molecule has 0 bridgehead atoms. The van der Waals surface area contributed by atoms with Gasteiger partial charge in [0.15, 0.2) is 0 Å². The predicted octanol–water partition coefficient (Wildman–Crippen LogP) is 6.98. The number of aryl methyl sites for hydroxylation is 1. The molecule has 164 valence electrons. The van der Waals surface area contributed by atoms with Crippen molar-refractivity contribution in [2.45, 2.75) is 71.5 Å². The third-order valence-electron chi connectivity index (χ3n) is 5.57. The van der Waals surface area contributed by atoms with Gasteiger partial charge in [-0.3, -0.25) is 0 Å². The Morgan fingerprint density at radius 1 is 1.13 bits per heavy atom. The first-order chi connectivity index (χ1) is 15.0. The zero-order valence-electron chi connectivity index (χ0n) is 18.2. The van der Waals surface area contributed by atoms with E-state index >= 15 is 0 Å². The first kappa shape index (κ1) is 22.0. The van der Waals surface area contributed by atoms with Crippen molar-refractivity contribution < 1.29 is 9.47 Å². The van der Waals surface area contributed by atoms with Gasteiger partial charge in [-0.15, -0.1) is 11.3 Å². The zero-order valence-corrected chi connectivity index (χ0v) is 19.8. The Labute approximate surface area is 192 Å². The highest BCUT2D eigenvalue weighted by molar-refractivity contribution is 7.19. The Kier molecular flexibility index (Phi) is 7.08. The van der Waals surface area contributed by atoms with Crippen LogP contribution in [0.1, 0.15) is 68.7 Å². The zero-order chi connectivity index (χ0) is 21.8. The van der Waals surface area contributed by atoms with E-state index in [1.807, 2.05) is 37.5 Å². The smallest absolute Gasteiger partial charge is 0.316 e. The van der Waals surface area contributed by atoms with Crippen molar-refractivity contribution in [2.75, 3.05) is 0 Å². The molecule has 3 heterocycles. The van der Waals surface area contributed by atoms with Gasteiger partial charge in [0.1, 0.15) is 12.4 Å². The summed E-state index contributed by atoms with van der Waals surface area (Å²) >= 11 is 7.83. The molecule has 0 atom stereocenters. The molecule has 3 aromatic heterocycles. The SMILES string of the molecule is Cc1nc(-c2sc(Cl)cc2COc2ncc(C(C)C)cn2)ccc1OC1CCCCC1. The van der Waals surface area contributed by atoms with Gasteiger partial charge in [-0.2, -0.15) is 0 Å². The van der Waals surface area contributed by atoms with Crippen molar-refractivity contribution in [1.82, 2.24) is 15.0 Å². The molecule has 31 heavy (non-hydrogen) atoms. The highest BCUT2D eigenvalue weighted by atomic mass is 35.5. The lowest BCUT2D eigenvalue weighted by Gasteiger charge is -2.23. The molecular weight excluding hydrogens is 430 g/mol. The van der Waals surface area contributed by atoms with E-state index in [2.05, 4.69) is 23.8 Å². The quantitative estimate of drug-likeness (QED) is 0.383. The molecule has 5 nitrogen and oxygen atoms in total. The fourth-order valence-corrected chi connectivity index (χ4v) is 4.95. The van der Waals surface area contributed by atoms with Crippen molar-refractivity contribution in [3.63, 3.8) is 0 Å². The molecule has 0 radical (unpaired) electrons. The van der Waals surface area contributed by atoms with E-state index in [1.54, 1.807) is 0 Å². The minimum absolute atomic E-state index is 0.308. The number of nitrogens with zero attached hydrogens (tertiary/aromatic N) is 3.